The highest BCUT2D eigenvalue weighted by molar-refractivity contribution is 7.16. The molecule has 37 heavy (non-hydrogen) atoms. The van der Waals surface area contributed by atoms with Crippen molar-refractivity contribution < 1.29 is 14.7 Å². The van der Waals surface area contributed by atoms with Crippen molar-refractivity contribution in [3.63, 3.8) is 0 Å². The summed E-state index contributed by atoms with van der Waals surface area (Å²) in [5, 5.41) is 17.2. The molecule has 0 spiro atoms. The van der Waals surface area contributed by atoms with Gasteiger partial charge in [0.15, 0.2) is 5.78 Å². The first-order valence-corrected chi connectivity index (χ1v) is 12.7. The third kappa shape index (κ3) is 5.83. The summed E-state index contributed by atoms with van der Waals surface area (Å²) in [5.41, 5.74) is -0.667. The zero-order valence-electron chi connectivity index (χ0n) is 19.9. The van der Waals surface area contributed by atoms with E-state index in [9.17, 15) is 19.5 Å². The van der Waals surface area contributed by atoms with Crippen LogP contribution in [0.5, 0.6) is 0 Å². The summed E-state index contributed by atoms with van der Waals surface area (Å²) in [5.74, 6) is -0.353. The van der Waals surface area contributed by atoms with Gasteiger partial charge in [0.1, 0.15) is 10.8 Å². The molecule has 0 aliphatic rings. The van der Waals surface area contributed by atoms with Gasteiger partial charge in [-0.15, -0.1) is 11.3 Å². The second-order valence-corrected chi connectivity index (χ2v) is 11.0. The van der Waals surface area contributed by atoms with Gasteiger partial charge in [-0.25, -0.2) is 0 Å². The highest BCUT2D eigenvalue weighted by Crippen LogP contribution is 2.30. The lowest BCUT2D eigenvalue weighted by atomic mass is 9.94. The summed E-state index contributed by atoms with van der Waals surface area (Å²) in [4.78, 5) is 43.5. The van der Waals surface area contributed by atoms with Crippen LogP contribution in [0.1, 0.15) is 33.9 Å². The number of Topliss-reactive ketones (excluding diaryl/α,β-unsaturated/α-hetero) is 1. The van der Waals surface area contributed by atoms with E-state index in [4.69, 9.17) is 23.2 Å². The molecule has 2 N–H and O–H groups in total. The number of hydrogen-bond donors (Lipinski definition) is 2. The molecule has 0 radical (unpaired) electrons. The highest BCUT2D eigenvalue weighted by Gasteiger charge is 2.31. The molecule has 0 saturated carbocycles. The molecule has 4 rings (SSSR count). The molecule has 0 aliphatic heterocycles. The number of hydrogen-bond acceptors (Lipinski definition) is 8. The molecule has 192 valence electrons. The lowest BCUT2D eigenvalue weighted by molar-refractivity contribution is 0.0616. The molecule has 4 aromatic heterocycles. The van der Waals surface area contributed by atoms with Crippen LogP contribution >= 0.6 is 34.5 Å². The number of anilines is 1. The molecular weight excluding hydrogens is 537 g/mol. The van der Waals surface area contributed by atoms with Crippen LogP contribution in [0.2, 0.25) is 9.36 Å². The third-order valence-corrected chi connectivity index (χ3v) is 7.24. The van der Waals surface area contributed by atoms with E-state index in [0.717, 1.165) is 9.56 Å². The Labute approximate surface area is 226 Å². The van der Waals surface area contributed by atoms with Crippen molar-refractivity contribution in [3.05, 3.63) is 85.1 Å². The van der Waals surface area contributed by atoms with E-state index in [-0.39, 0.29) is 29.7 Å². The predicted octanol–water partition coefficient (Wildman–Crippen LogP) is 4.63. The molecule has 0 unspecified atom stereocenters. The van der Waals surface area contributed by atoms with Crippen molar-refractivity contribution in [2.45, 2.75) is 26.9 Å². The zero-order chi connectivity index (χ0) is 26.7. The van der Waals surface area contributed by atoms with Gasteiger partial charge in [0, 0.05) is 40.7 Å². The van der Waals surface area contributed by atoms with Gasteiger partial charge >= 0.3 is 0 Å². The van der Waals surface area contributed by atoms with Crippen molar-refractivity contribution in [3.8, 4) is 11.3 Å². The standard InChI is InChI=1S/C25H23Cl2N5O4S/c1-25(2,14-33)24(36)32-21(29-12-16-3-4-20(26)37-16)11-18(30-32)17-7-10-31(23(35)22(17)27)13-19(34)15-5-8-28-9-6-15/h3-11,29,33H,12-14H2,1-2H3. The minimum Gasteiger partial charge on any atom is -0.395 e. The van der Waals surface area contributed by atoms with Gasteiger partial charge in [-0.2, -0.15) is 9.78 Å². The van der Waals surface area contributed by atoms with Crippen molar-refractivity contribution in [2.75, 3.05) is 11.9 Å². The first kappa shape index (κ1) is 26.7. The number of thiophene rings is 1. The Balaban J connectivity index is 1.67. The van der Waals surface area contributed by atoms with Gasteiger partial charge in [-0.3, -0.25) is 19.4 Å². The second-order valence-electron chi connectivity index (χ2n) is 8.87. The van der Waals surface area contributed by atoms with E-state index in [1.165, 1.54) is 34.5 Å². The van der Waals surface area contributed by atoms with E-state index in [1.807, 2.05) is 6.07 Å². The number of pyridine rings is 2. The quantitative estimate of drug-likeness (QED) is 0.287. The number of carbonyl (C=O) groups excluding carboxylic acids is 2. The molecule has 0 aliphatic carbocycles. The third-order valence-electron chi connectivity index (χ3n) is 5.65. The molecule has 9 nitrogen and oxygen atoms in total. The molecule has 12 heteroatoms. The summed E-state index contributed by atoms with van der Waals surface area (Å²) in [7, 11) is 0. The predicted molar refractivity (Wildman–Crippen MR) is 144 cm³/mol. The lowest BCUT2D eigenvalue weighted by Crippen LogP contribution is -2.34. The van der Waals surface area contributed by atoms with Crippen molar-refractivity contribution in [1.82, 2.24) is 19.3 Å². The largest absolute Gasteiger partial charge is 0.395 e. The Kier molecular flexibility index (Phi) is 7.93. The summed E-state index contributed by atoms with van der Waals surface area (Å²) in [6, 6.07) is 9.96. The summed E-state index contributed by atoms with van der Waals surface area (Å²) >= 11 is 13.8. The lowest BCUT2D eigenvalue weighted by Gasteiger charge is -2.20. The fourth-order valence-corrected chi connectivity index (χ4v) is 4.72. The SMILES string of the molecule is CC(C)(CO)C(=O)n1nc(-c2ccn(CC(=O)c3ccncc3)c(=O)c2Cl)cc1NCc1ccc(Cl)s1. The first-order chi connectivity index (χ1) is 17.6. The molecule has 0 atom stereocenters. The number of halogens is 2. The molecule has 4 heterocycles. The number of aliphatic hydroxyl groups is 1. The van der Waals surface area contributed by atoms with Crippen LogP contribution in [0.25, 0.3) is 11.3 Å². The normalized spacial score (nSPS) is 11.5. The maximum absolute atomic E-state index is 13.2. The number of ketones is 1. The van der Waals surface area contributed by atoms with E-state index in [0.29, 0.717) is 27.8 Å². The van der Waals surface area contributed by atoms with Crippen molar-refractivity contribution >= 4 is 52.0 Å². The van der Waals surface area contributed by atoms with Gasteiger partial charge in [0.05, 0.1) is 35.1 Å². The molecule has 0 amide bonds. The van der Waals surface area contributed by atoms with Crippen LogP contribution in [-0.2, 0) is 13.1 Å². The van der Waals surface area contributed by atoms with Crippen LogP contribution in [0.4, 0.5) is 5.82 Å². The average Bonchev–Trinajstić information content (AvgIpc) is 3.51. The smallest absolute Gasteiger partial charge is 0.270 e. The number of rotatable bonds is 9. The Bertz CT molecular complexity index is 1510. The molecule has 0 fully saturated rings. The van der Waals surface area contributed by atoms with Gasteiger partial charge in [0.2, 0.25) is 0 Å². The Morgan fingerprint density at radius 3 is 2.51 bits per heavy atom. The summed E-state index contributed by atoms with van der Waals surface area (Å²) in [6.07, 6.45) is 4.46. The van der Waals surface area contributed by atoms with Crippen LogP contribution in [0.15, 0.2) is 59.8 Å². The van der Waals surface area contributed by atoms with Crippen LogP contribution in [-0.4, -0.2) is 42.7 Å². The highest BCUT2D eigenvalue weighted by atomic mass is 35.5. The van der Waals surface area contributed by atoms with Crippen molar-refractivity contribution in [1.29, 1.82) is 0 Å². The number of nitrogens with zero attached hydrogens (tertiary/aromatic N) is 4. The van der Waals surface area contributed by atoms with Gasteiger partial charge in [-0.1, -0.05) is 23.2 Å². The Morgan fingerprint density at radius 2 is 1.86 bits per heavy atom. The number of aromatic nitrogens is 4. The topological polar surface area (TPSA) is 119 Å². The van der Waals surface area contributed by atoms with E-state index < -0.39 is 16.9 Å². The molecular formula is C25H23Cl2N5O4S. The fraction of sp³-hybridized carbons (Fsp3) is 0.240. The Morgan fingerprint density at radius 1 is 1.14 bits per heavy atom. The van der Waals surface area contributed by atoms with Crippen molar-refractivity contribution in [2.24, 2.45) is 5.41 Å². The summed E-state index contributed by atoms with van der Waals surface area (Å²) in [6.45, 7) is 3.00. The first-order valence-electron chi connectivity index (χ1n) is 11.2. The van der Waals surface area contributed by atoms with E-state index >= 15 is 0 Å². The maximum atomic E-state index is 13.2. The minimum absolute atomic E-state index is 0.139. The fourth-order valence-electron chi connectivity index (χ4n) is 3.42. The number of nitrogens with one attached hydrogen (secondary N) is 1. The van der Waals surface area contributed by atoms with Crippen LogP contribution in [0, 0.1) is 5.41 Å². The van der Waals surface area contributed by atoms with Crippen LogP contribution in [0.3, 0.4) is 0 Å². The monoisotopic (exact) mass is 559 g/mol. The molecule has 0 bridgehead atoms. The summed E-state index contributed by atoms with van der Waals surface area (Å²) < 4.78 is 3.01. The zero-order valence-corrected chi connectivity index (χ0v) is 22.3. The maximum Gasteiger partial charge on any atom is 0.270 e. The van der Waals surface area contributed by atoms with Crippen LogP contribution < -0.4 is 10.9 Å². The van der Waals surface area contributed by atoms with Gasteiger partial charge in [0.25, 0.3) is 11.5 Å². The second kappa shape index (κ2) is 11.0. The molecule has 0 aromatic carbocycles. The molecule has 0 saturated heterocycles. The number of aliphatic hydroxyl groups excluding tert-OH is 1. The van der Waals surface area contributed by atoms with E-state index in [1.54, 1.807) is 44.2 Å². The number of carbonyl (C=O) groups is 2. The minimum atomic E-state index is -1.10. The van der Waals surface area contributed by atoms with Gasteiger partial charge in [-0.05, 0) is 44.2 Å². The average molecular weight is 560 g/mol. The Hall–Kier alpha value is -3.31. The molecule has 4 aromatic rings. The van der Waals surface area contributed by atoms with E-state index in [2.05, 4.69) is 15.4 Å². The van der Waals surface area contributed by atoms with Gasteiger partial charge < -0.3 is 15.0 Å².